The van der Waals surface area contributed by atoms with Gasteiger partial charge in [0, 0.05) is 24.2 Å². The summed E-state index contributed by atoms with van der Waals surface area (Å²) >= 11 is 0. The Morgan fingerprint density at radius 2 is 2.00 bits per heavy atom. The zero-order chi connectivity index (χ0) is 11.0. The Labute approximate surface area is 92.6 Å². The maximum absolute atomic E-state index is 5.39. The minimum atomic E-state index is -0.273. The van der Waals surface area contributed by atoms with Crippen LogP contribution in [0.3, 0.4) is 0 Å². The van der Waals surface area contributed by atoms with Crippen LogP contribution in [-0.4, -0.2) is 21.1 Å². The van der Waals surface area contributed by atoms with Crippen molar-refractivity contribution in [1.82, 2.24) is 14.8 Å². The van der Waals surface area contributed by atoms with Gasteiger partial charge in [-0.2, -0.15) is 5.10 Å². The first-order valence-electron chi connectivity index (χ1n) is 5.09. The normalized spacial score (nSPS) is 24.1. The van der Waals surface area contributed by atoms with Gasteiger partial charge in [0.15, 0.2) is 12.6 Å². The van der Waals surface area contributed by atoms with Crippen molar-refractivity contribution < 1.29 is 9.47 Å². The van der Waals surface area contributed by atoms with Gasteiger partial charge in [-0.15, -0.1) is 0 Å². The summed E-state index contributed by atoms with van der Waals surface area (Å²) in [6.45, 7) is 1.86. The Bertz CT molecular complexity index is 477. The van der Waals surface area contributed by atoms with E-state index in [9.17, 15) is 0 Å². The minimum absolute atomic E-state index is 0.116. The number of rotatable bonds is 2. The molecule has 0 unspecified atom stereocenters. The Kier molecular flexibility index (Phi) is 2.19. The molecule has 0 aromatic carbocycles. The van der Waals surface area contributed by atoms with E-state index in [4.69, 9.17) is 9.47 Å². The van der Waals surface area contributed by atoms with Gasteiger partial charge in [-0.05, 0) is 19.1 Å². The predicted octanol–water partition coefficient (Wildman–Crippen LogP) is 1.66. The first-order chi connectivity index (χ1) is 7.83. The van der Waals surface area contributed by atoms with Crippen molar-refractivity contribution in [3.63, 3.8) is 0 Å². The zero-order valence-electron chi connectivity index (χ0n) is 8.78. The topological polar surface area (TPSA) is 49.2 Å². The summed E-state index contributed by atoms with van der Waals surface area (Å²) in [6.07, 6.45) is 6.72. The summed E-state index contributed by atoms with van der Waals surface area (Å²) < 4.78 is 12.5. The molecule has 0 bridgehead atoms. The number of pyridine rings is 1. The van der Waals surface area contributed by atoms with Crippen LogP contribution in [0.25, 0.3) is 5.69 Å². The van der Waals surface area contributed by atoms with Crippen molar-refractivity contribution >= 4 is 0 Å². The van der Waals surface area contributed by atoms with Gasteiger partial charge >= 0.3 is 0 Å². The van der Waals surface area contributed by atoms with Crippen molar-refractivity contribution in [1.29, 1.82) is 0 Å². The molecular formula is C11H11N3O2. The van der Waals surface area contributed by atoms with Crippen LogP contribution >= 0.6 is 0 Å². The van der Waals surface area contributed by atoms with Gasteiger partial charge in [0.1, 0.15) is 0 Å². The molecule has 0 aliphatic carbocycles. The molecule has 82 valence electrons. The quantitative estimate of drug-likeness (QED) is 0.767. The number of hydrogen-bond acceptors (Lipinski definition) is 4. The largest absolute Gasteiger partial charge is 0.319 e. The number of hydrogen-bond donors (Lipinski definition) is 0. The number of nitrogens with zero attached hydrogens (tertiary/aromatic N) is 3. The van der Waals surface area contributed by atoms with E-state index in [2.05, 4.69) is 10.1 Å². The molecule has 16 heavy (non-hydrogen) atoms. The molecule has 1 saturated heterocycles. The molecule has 0 amide bonds. The number of ether oxygens (including phenoxy) is 2. The van der Waals surface area contributed by atoms with Crippen molar-refractivity contribution in [3.8, 4) is 5.69 Å². The van der Waals surface area contributed by atoms with Crippen LogP contribution in [0.15, 0.2) is 36.9 Å². The SMILES string of the molecule is CC1OC(c2cnn(-c3ccncc3)c2)O1. The van der Waals surface area contributed by atoms with Gasteiger partial charge in [-0.25, -0.2) is 4.68 Å². The van der Waals surface area contributed by atoms with Crippen LogP contribution in [0.2, 0.25) is 0 Å². The lowest BCUT2D eigenvalue weighted by Gasteiger charge is -2.32. The van der Waals surface area contributed by atoms with Crippen LogP contribution in [0, 0.1) is 0 Å². The lowest BCUT2D eigenvalue weighted by molar-refractivity contribution is -0.382. The van der Waals surface area contributed by atoms with Gasteiger partial charge in [0.25, 0.3) is 0 Å². The minimum Gasteiger partial charge on any atom is -0.319 e. The average Bonchev–Trinajstić information content (AvgIpc) is 2.75. The molecule has 5 heteroatoms. The lowest BCUT2D eigenvalue weighted by atomic mass is 10.3. The number of aromatic nitrogens is 3. The fourth-order valence-electron chi connectivity index (χ4n) is 1.61. The van der Waals surface area contributed by atoms with Crippen molar-refractivity contribution in [2.45, 2.75) is 19.5 Å². The fraction of sp³-hybridized carbons (Fsp3) is 0.273. The van der Waals surface area contributed by atoms with Crippen molar-refractivity contribution in [2.24, 2.45) is 0 Å². The lowest BCUT2D eigenvalue weighted by Crippen LogP contribution is -2.31. The second kappa shape index (κ2) is 3.70. The third-order valence-electron chi connectivity index (χ3n) is 2.43. The van der Waals surface area contributed by atoms with E-state index in [1.807, 2.05) is 25.3 Å². The van der Waals surface area contributed by atoms with E-state index in [1.165, 1.54) is 0 Å². The van der Waals surface area contributed by atoms with Crippen molar-refractivity contribution in [2.75, 3.05) is 0 Å². The Morgan fingerprint density at radius 1 is 1.25 bits per heavy atom. The van der Waals surface area contributed by atoms with Crippen LogP contribution in [0.5, 0.6) is 0 Å². The van der Waals surface area contributed by atoms with Gasteiger partial charge in [-0.1, -0.05) is 0 Å². The smallest absolute Gasteiger partial charge is 0.192 e. The van der Waals surface area contributed by atoms with Gasteiger partial charge in [-0.3, -0.25) is 4.98 Å². The summed E-state index contributed by atoms with van der Waals surface area (Å²) in [4.78, 5) is 3.96. The molecule has 3 rings (SSSR count). The first-order valence-corrected chi connectivity index (χ1v) is 5.09. The highest BCUT2D eigenvalue weighted by molar-refractivity contribution is 5.28. The zero-order valence-corrected chi connectivity index (χ0v) is 8.78. The van der Waals surface area contributed by atoms with E-state index < -0.39 is 0 Å². The summed E-state index contributed by atoms with van der Waals surface area (Å²) in [6, 6.07) is 3.78. The second-order valence-electron chi connectivity index (χ2n) is 3.60. The maximum Gasteiger partial charge on any atom is 0.192 e. The molecular weight excluding hydrogens is 206 g/mol. The summed E-state index contributed by atoms with van der Waals surface area (Å²) in [5.41, 5.74) is 1.89. The van der Waals surface area contributed by atoms with Gasteiger partial charge < -0.3 is 9.47 Å². The van der Waals surface area contributed by atoms with Crippen LogP contribution in [-0.2, 0) is 9.47 Å². The highest BCUT2D eigenvalue weighted by Crippen LogP contribution is 2.31. The predicted molar refractivity (Wildman–Crippen MR) is 55.7 cm³/mol. The molecule has 0 saturated carbocycles. The molecule has 5 nitrogen and oxygen atoms in total. The molecule has 2 aromatic heterocycles. The Hall–Kier alpha value is -1.72. The molecule has 3 heterocycles. The molecule has 0 spiro atoms. The molecule has 1 aliphatic heterocycles. The van der Waals surface area contributed by atoms with E-state index in [0.717, 1.165) is 11.3 Å². The van der Waals surface area contributed by atoms with E-state index in [1.54, 1.807) is 23.3 Å². The van der Waals surface area contributed by atoms with E-state index in [-0.39, 0.29) is 12.6 Å². The van der Waals surface area contributed by atoms with E-state index >= 15 is 0 Å². The molecule has 0 atom stereocenters. The maximum atomic E-state index is 5.39. The molecule has 1 aliphatic rings. The summed E-state index contributed by atoms with van der Waals surface area (Å²) in [5.74, 6) is 0. The summed E-state index contributed by atoms with van der Waals surface area (Å²) in [5, 5.41) is 4.24. The third kappa shape index (κ3) is 1.60. The van der Waals surface area contributed by atoms with Crippen LogP contribution in [0.4, 0.5) is 0 Å². The van der Waals surface area contributed by atoms with Crippen LogP contribution in [0.1, 0.15) is 18.8 Å². The van der Waals surface area contributed by atoms with Crippen LogP contribution < -0.4 is 0 Å². The monoisotopic (exact) mass is 217 g/mol. The van der Waals surface area contributed by atoms with E-state index in [0.29, 0.717) is 0 Å². The molecule has 2 aromatic rings. The Morgan fingerprint density at radius 3 is 2.69 bits per heavy atom. The standard InChI is InChI=1S/C11H11N3O2/c1-8-15-11(16-8)9-6-13-14(7-9)10-2-4-12-5-3-10/h2-8,11H,1H3. The highest BCUT2D eigenvalue weighted by atomic mass is 16.9. The first kappa shape index (κ1) is 9.50. The van der Waals surface area contributed by atoms with Gasteiger partial charge in [0.2, 0.25) is 0 Å². The highest BCUT2D eigenvalue weighted by Gasteiger charge is 2.29. The molecule has 0 N–H and O–H groups in total. The fourth-order valence-corrected chi connectivity index (χ4v) is 1.61. The second-order valence-corrected chi connectivity index (χ2v) is 3.60. The summed E-state index contributed by atoms with van der Waals surface area (Å²) in [7, 11) is 0. The molecule has 1 fully saturated rings. The third-order valence-corrected chi connectivity index (χ3v) is 2.43. The average molecular weight is 217 g/mol. The Balaban J connectivity index is 1.83. The van der Waals surface area contributed by atoms with Gasteiger partial charge in [0.05, 0.1) is 11.9 Å². The van der Waals surface area contributed by atoms with Crippen molar-refractivity contribution in [3.05, 3.63) is 42.5 Å². The molecule has 0 radical (unpaired) electrons.